The minimum absolute atomic E-state index is 0.0956. The van der Waals surface area contributed by atoms with E-state index in [1.807, 2.05) is 11.4 Å². The fourth-order valence-electron chi connectivity index (χ4n) is 1.88. The molecule has 0 radical (unpaired) electrons. The Bertz CT molecular complexity index is 577. The first-order valence-corrected chi connectivity index (χ1v) is 7.53. The number of hydrogen-bond donors (Lipinski definition) is 2. The second kappa shape index (κ2) is 7.73. The Morgan fingerprint density at radius 1 is 1.19 bits per heavy atom. The zero-order chi connectivity index (χ0) is 15.1. The molecule has 6 heteroatoms. The third-order valence-corrected chi connectivity index (χ3v) is 3.72. The van der Waals surface area contributed by atoms with E-state index in [9.17, 15) is 8.78 Å². The molecule has 2 aromatic rings. The molecule has 1 heterocycles. The van der Waals surface area contributed by atoms with Gasteiger partial charge in [0.15, 0.2) is 5.96 Å². The summed E-state index contributed by atoms with van der Waals surface area (Å²) < 4.78 is 27.0. The third kappa shape index (κ3) is 4.53. The third-order valence-electron chi connectivity index (χ3n) is 2.99. The van der Waals surface area contributed by atoms with Gasteiger partial charge in [0.05, 0.1) is 0 Å². The van der Waals surface area contributed by atoms with Crippen LogP contribution in [0.15, 0.2) is 40.0 Å². The lowest BCUT2D eigenvalue weighted by Crippen LogP contribution is -2.37. The van der Waals surface area contributed by atoms with Gasteiger partial charge in [-0.05, 0) is 40.9 Å². The van der Waals surface area contributed by atoms with Crippen molar-refractivity contribution >= 4 is 17.3 Å². The summed E-state index contributed by atoms with van der Waals surface area (Å²) in [6.45, 7) is 1.07. The van der Waals surface area contributed by atoms with Gasteiger partial charge in [-0.2, -0.15) is 11.3 Å². The van der Waals surface area contributed by atoms with Gasteiger partial charge < -0.3 is 10.6 Å². The predicted molar refractivity (Wildman–Crippen MR) is 82.6 cm³/mol. The van der Waals surface area contributed by atoms with E-state index in [-0.39, 0.29) is 12.0 Å². The summed E-state index contributed by atoms with van der Waals surface area (Å²) in [6, 6.07) is 5.92. The molecule has 112 valence electrons. The average molecular weight is 309 g/mol. The maximum absolute atomic E-state index is 13.5. The standard InChI is InChI=1S/C15H17F2N3S/c1-18-15(20-9-11-6-8-21-10-11)19-7-5-12-13(16)3-2-4-14(12)17/h2-4,6,8,10H,5,7,9H2,1H3,(H2,18,19,20). The van der Waals surface area contributed by atoms with Crippen LogP contribution < -0.4 is 10.6 Å². The molecule has 21 heavy (non-hydrogen) atoms. The van der Waals surface area contributed by atoms with Crippen LogP contribution in [0.25, 0.3) is 0 Å². The summed E-state index contributed by atoms with van der Waals surface area (Å²) in [5.74, 6) is -0.422. The van der Waals surface area contributed by atoms with Crippen molar-refractivity contribution in [3.63, 3.8) is 0 Å². The SMILES string of the molecule is CN=C(NCCc1c(F)cccc1F)NCc1ccsc1. The molecule has 0 fully saturated rings. The Morgan fingerprint density at radius 2 is 1.95 bits per heavy atom. The Labute approximate surface area is 126 Å². The lowest BCUT2D eigenvalue weighted by Gasteiger charge is -2.12. The van der Waals surface area contributed by atoms with Crippen molar-refractivity contribution in [3.05, 3.63) is 57.8 Å². The van der Waals surface area contributed by atoms with Crippen LogP contribution in [-0.4, -0.2) is 19.6 Å². The molecule has 2 N–H and O–H groups in total. The number of nitrogens with zero attached hydrogens (tertiary/aromatic N) is 1. The highest BCUT2D eigenvalue weighted by Gasteiger charge is 2.08. The summed E-state index contributed by atoms with van der Waals surface area (Å²) in [5.41, 5.74) is 1.27. The van der Waals surface area contributed by atoms with Crippen LogP contribution in [-0.2, 0) is 13.0 Å². The van der Waals surface area contributed by atoms with E-state index in [0.29, 0.717) is 19.0 Å². The Kier molecular flexibility index (Phi) is 5.68. The summed E-state index contributed by atoms with van der Waals surface area (Å²) in [6.07, 6.45) is 0.262. The molecular weight excluding hydrogens is 292 g/mol. The topological polar surface area (TPSA) is 36.4 Å². The molecular formula is C15H17F2N3S. The van der Waals surface area contributed by atoms with Crippen molar-refractivity contribution in [3.8, 4) is 0 Å². The number of nitrogens with one attached hydrogen (secondary N) is 2. The zero-order valence-corrected chi connectivity index (χ0v) is 12.5. The molecule has 0 saturated heterocycles. The molecule has 2 rings (SSSR count). The summed E-state index contributed by atoms with van der Waals surface area (Å²) in [7, 11) is 1.66. The maximum Gasteiger partial charge on any atom is 0.191 e. The second-order valence-electron chi connectivity index (χ2n) is 4.43. The van der Waals surface area contributed by atoms with Gasteiger partial charge in [-0.1, -0.05) is 6.07 Å². The van der Waals surface area contributed by atoms with Gasteiger partial charge in [0.1, 0.15) is 11.6 Å². The van der Waals surface area contributed by atoms with Gasteiger partial charge in [-0.15, -0.1) is 0 Å². The van der Waals surface area contributed by atoms with E-state index in [2.05, 4.69) is 21.0 Å². The van der Waals surface area contributed by atoms with E-state index >= 15 is 0 Å². The lowest BCUT2D eigenvalue weighted by molar-refractivity contribution is 0.553. The van der Waals surface area contributed by atoms with Crippen LogP contribution in [0.3, 0.4) is 0 Å². The number of thiophene rings is 1. The molecule has 0 bridgehead atoms. The van der Waals surface area contributed by atoms with Gasteiger partial charge in [-0.25, -0.2) is 8.78 Å². The van der Waals surface area contributed by atoms with Crippen molar-refractivity contribution in [1.82, 2.24) is 10.6 Å². The Hall–Kier alpha value is -1.95. The molecule has 1 aromatic heterocycles. The maximum atomic E-state index is 13.5. The molecule has 0 spiro atoms. The quantitative estimate of drug-likeness (QED) is 0.658. The van der Waals surface area contributed by atoms with Gasteiger partial charge in [-0.3, -0.25) is 4.99 Å². The fourth-order valence-corrected chi connectivity index (χ4v) is 2.55. The van der Waals surface area contributed by atoms with E-state index in [0.717, 1.165) is 0 Å². The van der Waals surface area contributed by atoms with Gasteiger partial charge >= 0.3 is 0 Å². The van der Waals surface area contributed by atoms with E-state index in [1.165, 1.54) is 23.8 Å². The highest BCUT2D eigenvalue weighted by Crippen LogP contribution is 2.12. The average Bonchev–Trinajstić information content (AvgIpc) is 2.98. The van der Waals surface area contributed by atoms with Crippen LogP contribution >= 0.6 is 11.3 Å². The summed E-state index contributed by atoms with van der Waals surface area (Å²) in [4.78, 5) is 4.07. The number of aliphatic imine (C=N–C) groups is 1. The molecule has 1 aromatic carbocycles. The minimum Gasteiger partial charge on any atom is -0.356 e. The molecule has 3 nitrogen and oxygen atoms in total. The molecule has 0 amide bonds. The molecule has 0 aliphatic rings. The van der Waals surface area contributed by atoms with E-state index in [1.54, 1.807) is 18.4 Å². The number of hydrogen-bond acceptors (Lipinski definition) is 2. The first-order valence-electron chi connectivity index (χ1n) is 6.59. The van der Waals surface area contributed by atoms with Gasteiger partial charge in [0.2, 0.25) is 0 Å². The fraction of sp³-hybridized carbons (Fsp3) is 0.267. The van der Waals surface area contributed by atoms with Crippen LogP contribution in [0.5, 0.6) is 0 Å². The number of guanidine groups is 1. The van der Waals surface area contributed by atoms with Crippen molar-refractivity contribution in [2.45, 2.75) is 13.0 Å². The molecule has 0 atom stereocenters. The number of benzene rings is 1. The van der Waals surface area contributed by atoms with Crippen LogP contribution in [0.4, 0.5) is 8.78 Å². The highest BCUT2D eigenvalue weighted by molar-refractivity contribution is 7.07. The first kappa shape index (κ1) is 15.4. The second-order valence-corrected chi connectivity index (χ2v) is 5.21. The zero-order valence-electron chi connectivity index (χ0n) is 11.7. The monoisotopic (exact) mass is 309 g/mol. The van der Waals surface area contributed by atoms with Crippen LogP contribution in [0, 0.1) is 11.6 Å². The van der Waals surface area contributed by atoms with Gasteiger partial charge in [0.25, 0.3) is 0 Å². The van der Waals surface area contributed by atoms with Crippen molar-refractivity contribution in [1.29, 1.82) is 0 Å². The predicted octanol–water partition coefficient (Wildman–Crippen LogP) is 2.93. The largest absolute Gasteiger partial charge is 0.356 e. The molecule has 0 saturated carbocycles. The Balaban J connectivity index is 1.81. The number of halogens is 2. The summed E-state index contributed by atoms with van der Waals surface area (Å²) >= 11 is 1.63. The lowest BCUT2D eigenvalue weighted by atomic mass is 10.1. The van der Waals surface area contributed by atoms with Crippen LogP contribution in [0.2, 0.25) is 0 Å². The highest BCUT2D eigenvalue weighted by atomic mass is 32.1. The van der Waals surface area contributed by atoms with Gasteiger partial charge in [0, 0.05) is 25.7 Å². The minimum atomic E-state index is -0.516. The smallest absolute Gasteiger partial charge is 0.191 e. The number of rotatable bonds is 5. The van der Waals surface area contributed by atoms with Crippen molar-refractivity contribution in [2.75, 3.05) is 13.6 Å². The summed E-state index contributed by atoms with van der Waals surface area (Å²) in [5, 5.41) is 10.2. The van der Waals surface area contributed by atoms with Crippen molar-refractivity contribution in [2.24, 2.45) is 4.99 Å². The normalized spacial score (nSPS) is 11.5. The van der Waals surface area contributed by atoms with E-state index < -0.39 is 11.6 Å². The molecule has 0 aliphatic carbocycles. The molecule has 0 unspecified atom stereocenters. The van der Waals surface area contributed by atoms with Crippen LogP contribution in [0.1, 0.15) is 11.1 Å². The first-order chi connectivity index (χ1) is 10.2. The molecule has 0 aliphatic heterocycles. The Morgan fingerprint density at radius 3 is 2.57 bits per heavy atom. The van der Waals surface area contributed by atoms with Crippen molar-refractivity contribution < 1.29 is 8.78 Å². The van der Waals surface area contributed by atoms with E-state index in [4.69, 9.17) is 0 Å².